The molecule has 31 heavy (non-hydrogen) atoms. The normalized spacial score (nSPS) is 18.5. The van der Waals surface area contributed by atoms with Crippen molar-refractivity contribution in [3.05, 3.63) is 71.8 Å². The fourth-order valence-corrected chi connectivity index (χ4v) is 4.54. The Kier molecular flexibility index (Phi) is 8.48. The van der Waals surface area contributed by atoms with E-state index in [1.807, 2.05) is 36.4 Å². The molecule has 1 heterocycles. The molecule has 3 rings (SSSR count). The molecule has 5 heteroatoms. The minimum Gasteiger partial charge on any atom is -0.409 e. The summed E-state index contributed by atoms with van der Waals surface area (Å²) in [6.45, 7) is 13.8. The van der Waals surface area contributed by atoms with Crippen LogP contribution in [0.2, 0.25) is 18.1 Å². The molecular weight excluding hydrogens is 404 g/mol. The van der Waals surface area contributed by atoms with Gasteiger partial charge >= 0.3 is 0 Å². The second-order valence-electron chi connectivity index (χ2n) is 9.94. The maximum absolute atomic E-state index is 6.85. The van der Waals surface area contributed by atoms with Gasteiger partial charge in [0.2, 0.25) is 0 Å². The van der Waals surface area contributed by atoms with Crippen LogP contribution in [0.4, 0.5) is 0 Å². The van der Waals surface area contributed by atoms with Crippen LogP contribution in [0.15, 0.2) is 60.7 Å². The lowest BCUT2D eigenvalue weighted by molar-refractivity contribution is -0.0796. The highest BCUT2D eigenvalue weighted by atomic mass is 28.4. The van der Waals surface area contributed by atoms with E-state index in [1.54, 1.807) is 0 Å². The second-order valence-corrected chi connectivity index (χ2v) is 14.7. The van der Waals surface area contributed by atoms with Crippen molar-refractivity contribution in [1.29, 1.82) is 0 Å². The summed E-state index contributed by atoms with van der Waals surface area (Å²) in [5, 5.41) is 0.116. The zero-order chi connectivity index (χ0) is 22.3. The zero-order valence-corrected chi connectivity index (χ0v) is 20.7. The SMILES string of the molecule is CC(C)(C)[Si](C)(C)O[C@H](COCc1ccccc1)[C@H](C[C@@H]1CO1)OCc1ccccc1. The first-order valence-corrected chi connectivity index (χ1v) is 14.2. The third-order valence-corrected chi connectivity index (χ3v) is 10.8. The maximum atomic E-state index is 6.85. The predicted molar refractivity (Wildman–Crippen MR) is 128 cm³/mol. The summed E-state index contributed by atoms with van der Waals surface area (Å²) in [5.74, 6) is 0. The van der Waals surface area contributed by atoms with Crippen LogP contribution >= 0.6 is 0 Å². The molecule has 0 radical (unpaired) electrons. The van der Waals surface area contributed by atoms with E-state index in [2.05, 4.69) is 58.1 Å². The third-order valence-electron chi connectivity index (χ3n) is 6.27. The highest BCUT2D eigenvalue weighted by Gasteiger charge is 2.42. The first-order valence-electron chi connectivity index (χ1n) is 11.3. The topological polar surface area (TPSA) is 40.2 Å². The van der Waals surface area contributed by atoms with Gasteiger partial charge in [0.1, 0.15) is 0 Å². The van der Waals surface area contributed by atoms with E-state index in [1.165, 1.54) is 11.1 Å². The van der Waals surface area contributed by atoms with Gasteiger partial charge in [-0.15, -0.1) is 0 Å². The number of ether oxygens (including phenoxy) is 3. The maximum Gasteiger partial charge on any atom is 0.192 e. The average Bonchev–Trinajstić information content (AvgIpc) is 3.55. The molecule has 2 aromatic rings. The van der Waals surface area contributed by atoms with Gasteiger partial charge in [-0.3, -0.25) is 0 Å². The van der Waals surface area contributed by atoms with Gasteiger partial charge in [-0.2, -0.15) is 0 Å². The van der Waals surface area contributed by atoms with Gasteiger partial charge in [0.05, 0.1) is 44.7 Å². The van der Waals surface area contributed by atoms with Crippen LogP contribution < -0.4 is 0 Å². The molecule has 1 fully saturated rings. The quantitative estimate of drug-likeness (QED) is 0.300. The van der Waals surface area contributed by atoms with E-state index in [0.29, 0.717) is 19.8 Å². The van der Waals surface area contributed by atoms with Crippen LogP contribution in [0.25, 0.3) is 0 Å². The van der Waals surface area contributed by atoms with Crippen LogP contribution in [0, 0.1) is 0 Å². The summed E-state index contributed by atoms with van der Waals surface area (Å²) in [7, 11) is -2.00. The van der Waals surface area contributed by atoms with Crippen molar-refractivity contribution in [2.75, 3.05) is 13.2 Å². The van der Waals surface area contributed by atoms with Gasteiger partial charge in [0.25, 0.3) is 0 Å². The van der Waals surface area contributed by atoms with Crippen molar-refractivity contribution in [1.82, 2.24) is 0 Å². The van der Waals surface area contributed by atoms with E-state index in [9.17, 15) is 0 Å². The Bertz CT molecular complexity index is 769. The molecule has 0 amide bonds. The summed E-state index contributed by atoms with van der Waals surface area (Å²) in [4.78, 5) is 0. The lowest BCUT2D eigenvalue weighted by atomic mass is 10.1. The fraction of sp³-hybridized carbons (Fsp3) is 0.538. The van der Waals surface area contributed by atoms with Gasteiger partial charge in [-0.1, -0.05) is 81.4 Å². The molecule has 0 aliphatic carbocycles. The molecule has 0 N–H and O–H groups in total. The standard InChI is InChI=1S/C26H38O4Si/c1-26(2,3)31(4,5)30-25(20-27-17-21-12-8-6-9-13-21)24(16-23-19-28-23)29-18-22-14-10-7-11-15-22/h6-15,23-25H,16-20H2,1-5H3/t23-,24+,25-/m1/s1. The smallest absolute Gasteiger partial charge is 0.192 e. The Balaban J connectivity index is 1.70. The average molecular weight is 443 g/mol. The van der Waals surface area contributed by atoms with Crippen molar-refractivity contribution in [3.63, 3.8) is 0 Å². The van der Waals surface area contributed by atoms with Crippen LogP contribution in [0.3, 0.4) is 0 Å². The number of hydrogen-bond donors (Lipinski definition) is 0. The van der Waals surface area contributed by atoms with Crippen molar-refractivity contribution in [3.8, 4) is 0 Å². The number of hydrogen-bond acceptors (Lipinski definition) is 4. The zero-order valence-electron chi connectivity index (χ0n) is 19.7. The molecule has 1 aliphatic rings. The van der Waals surface area contributed by atoms with Crippen LogP contribution in [-0.2, 0) is 31.9 Å². The number of epoxide rings is 1. The van der Waals surface area contributed by atoms with E-state index in [4.69, 9.17) is 18.6 Å². The van der Waals surface area contributed by atoms with Crippen LogP contribution in [0.1, 0.15) is 38.3 Å². The molecular formula is C26H38O4Si. The molecule has 1 saturated heterocycles. The van der Waals surface area contributed by atoms with E-state index < -0.39 is 8.32 Å². The Hall–Kier alpha value is -1.50. The molecule has 170 valence electrons. The van der Waals surface area contributed by atoms with Gasteiger partial charge in [-0.25, -0.2) is 0 Å². The molecule has 1 aliphatic heterocycles. The summed E-state index contributed by atoms with van der Waals surface area (Å²) in [6.07, 6.45) is 0.899. The fourth-order valence-electron chi connectivity index (χ4n) is 3.21. The molecule has 0 bridgehead atoms. The van der Waals surface area contributed by atoms with Crippen molar-refractivity contribution in [2.45, 2.75) is 76.8 Å². The molecule has 3 atom stereocenters. The highest BCUT2D eigenvalue weighted by Crippen LogP contribution is 2.38. The molecule has 4 nitrogen and oxygen atoms in total. The largest absolute Gasteiger partial charge is 0.409 e. The summed E-state index contributed by atoms with van der Waals surface area (Å²) in [5.41, 5.74) is 2.33. The molecule has 0 saturated carbocycles. The second kappa shape index (κ2) is 10.9. The number of rotatable bonds is 12. The summed E-state index contributed by atoms with van der Waals surface area (Å²) >= 11 is 0. The van der Waals surface area contributed by atoms with E-state index in [-0.39, 0.29) is 23.4 Å². The Labute approximate surface area is 189 Å². The molecule has 0 spiro atoms. The van der Waals surface area contributed by atoms with Gasteiger partial charge in [0, 0.05) is 6.42 Å². The van der Waals surface area contributed by atoms with Gasteiger partial charge in [-0.05, 0) is 29.3 Å². The monoisotopic (exact) mass is 442 g/mol. The number of benzene rings is 2. The summed E-state index contributed by atoms with van der Waals surface area (Å²) in [6, 6.07) is 20.6. The summed E-state index contributed by atoms with van der Waals surface area (Å²) < 4.78 is 25.0. The Morgan fingerprint density at radius 3 is 1.97 bits per heavy atom. The minimum atomic E-state index is -2.00. The first kappa shape index (κ1) is 24.1. The van der Waals surface area contributed by atoms with Gasteiger partial charge < -0.3 is 18.6 Å². The van der Waals surface area contributed by atoms with E-state index >= 15 is 0 Å². The van der Waals surface area contributed by atoms with E-state index in [0.717, 1.165) is 13.0 Å². The Morgan fingerprint density at radius 2 is 1.45 bits per heavy atom. The molecule has 2 aromatic carbocycles. The lowest BCUT2D eigenvalue weighted by Crippen LogP contribution is -2.49. The van der Waals surface area contributed by atoms with Crippen molar-refractivity contribution in [2.24, 2.45) is 0 Å². The van der Waals surface area contributed by atoms with Crippen LogP contribution in [-0.4, -0.2) is 39.8 Å². The Morgan fingerprint density at radius 1 is 0.903 bits per heavy atom. The van der Waals surface area contributed by atoms with Gasteiger partial charge in [0.15, 0.2) is 8.32 Å². The highest BCUT2D eigenvalue weighted by molar-refractivity contribution is 6.74. The minimum absolute atomic E-state index is 0.0717. The van der Waals surface area contributed by atoms with Crippen molar-refractivity contribution < 1.29 is 18.6 Å². The van der Waals surface area contributed by atoms with Crippen molar-refractivity contribution >= 4 is 8.32 Å². The predicted octanol–water partition coefficient (Wildman–Crippen LogP) is 5.97. The van der Waals surface area contributed by atoms with Crippen LogP contribution in [0.5, 0.6) is 0 Å². The first-order chi connectivity index (χ1) is 14.7. The lowest BCUT2D eigenvalue weighted by Gasteiger charge is -2.41. The third kappa shape index (κ3) is 7.85. The molecule has 0 aromatic heterocycles. The molecule has 0 unspecified atom stereocenters.